The van der Waals surface area contributed by atoms with Gasteiger partial charge in [0.25, 0.3) is 0 Å². The van der Waals surface area contributed by atoms with E-state index in [-0.39, 0.29) is 5.92 Å². The molecular formula is C17H24N2O3S. The summed E-state index contributed by atoms with van der Waals surface area (Å²) in [5, 5.41) is 0. The largest absolute Gasteiger partial charge is 0.376 e. The molecule has 23 heavy (non-hydrogen) atoms. The molecule has 1 aromatic rings. The van der Waals surface area contributed by atoms with E-state index in [4.69, 9.17) is 4.74 Å². The van der Waals surface area contributed by atoms with E-state index in [2.05, 4.69) is 9.88 Å². The molecule has 3 aliphatic rings. The van der Waals surface area contributed by atoms with Crippen LogP contribution in [0.1, 0.15) is 31.2 Å². The van der Waals surface area contributed by atoms with Crippen LogP contribution < -0.4 is 0 Å². The summed E-state index contributed by atoms with van der Waals surface area (Å²) in [6.45, 7) is 2.49. The Bertz CT molecular complexity index is 652. The second kappa shape index (κ2) is 5.83. The van der Waals surface area contributed by atoms with Gasteiger partial charge in [0, 0.05) is 37.4 Å². The molecular weight excluding hydrogens is 312 g/mol. The Balaban J connectivity index is 1.38. The van der Waals surface area contributed by atoms with Crippen LogP contribution in [0.4, 0.5) is 0 Å². The molecule has 0 radical (unpaired) electrons. The lowest BCUT2D eigenvalue weighted by Gasteiger charge is -2.55. The average Bonchev–Trinajstić information content (AvgIpc) is 2.70. The van der Waals surface area contributed by atoms with Crippen molar-refractivity contribution in [1.29, 1.82) is 0 Å². The molecule has 3 heterocycles. The zero-order valence-electron chi connectivity index (χ0n) is 13.4. The van der Waals surface area contributed by atoms with E-state index >= 15 is 0 Å². The Morgan fingerprint density at radius 3 is 2.78 bits per heavy atom. The number of ether oxygens (including phenoxy) is 1. The first-order chi connectivity index (χ1) is 11.1. The van der Waals surface area contributed by atoms with Crippen molar-refractivity contribution in [2.45, 2.75) is 43.1 Å². The fourth-order valence-electron chi connectivity index (χ4n) is 4.16. The van der Waals surface area contributed by atoms with Gasteiger partial charge in [0.2, 0.25) is 0 Å². The third kappa shape index (κ3) is 2.61. The van der Waals surface area contributed by atoms with Crippen LogP contribution in [0.25, 0.3) is 0 Å². The minimum Gasteiger partial charge on any atom is -0.376 e. The lowest BCUT2D eigenvalue weighted by molar-refractivity contribution is -0.0151. The number of pyridine rings is 1. The molecule has 0 N–H and O–H groups in total. The highest BCUT2D eigenvalue weighted by atomic mass is 32.2. The molecule has 0 bridgehead atoms. The predicted octanol–water partition coefficient (Wildman–Crippen LogP) is 1.64. The SMILES string of the molecule is O=S1(=O)CC[C@@H](COCc2cccnc2)C12CN(C1CCC1)C2. The fourth-order valence-corrected chi connectivity index (χ4v) is 6.58. The summed E-state index contributed by atoms with van der Waals surface area (Å²) in [5.74, 6) is 0.465. The molecule has 1 saturated carbocycles. The zero-order valence-corrected chi connectivity index (χ0v) is 14.2. The average molecular weight is 336 g/mol. The lowest BCUT2D eigenvalue weighted by atomic mass is 9.79. The summed E-state index contributed by atoms with van der Waals surface area (Å²) >= 11 is 0. The van der Waals surface area contributed by atoms with Crippen molar-refractivity contribution in [3.05, 3.63) is 30.1 Å². The smallest absolute Gasteiger partial charge is 0.158 e. The number of sulfone groups is 1. The summed E-state index contributed by atoms with van der Waals surface area (Å²) in [7, 11) is -2.98. The first-order valence-corrected chi connectivity index (χ1v) is 10.2. The maximum absolute atomic E-state index is 12.6. The van der Waals surface area contributed by atoms with Gasteiger partial charge in [-0.3, -0.25) is 9.88 Å². The van der Waals surface area contributed by atoms with Crippen LogP contribution in [0.15, 0.2) is 24.5 Å². The van der Waals surface area contributed by atoms with E-state index in [0.717, 1.165) is 25.1 Å². The molecule has 6 heteroatoms. The van der Waals surface area contributed by atoms with Crippen LogP contribution in [0.3, 0.4) is 0 Å². The van der Waals surface area contributed by atoms with E-state index in [9.17, 15) is 8.42 Å². The van der Waals surface area contributed by atoms with Crippen molar-refractivity contribution in [3.63, 3.8) is 0 Å². The quantitative estimate of drug-likeness (QED) is 0.818. The van der Waals surface area contributed by atoms with Crippen LogP contribution in [-0.2, 0) is 21.2 Å². The summed E-state index contributed by atoms with van der Waals surface area (Å²) in [6.07, 6.45) is 8.04. The van der Waals surface area contributed by atoms with Crippen molar-refractivity contribution in [2.75, 3.05) is 25.4 Å². The van der Waals surface area contributed by atoms with Crippen LogP contribution in [0, 0.1) is 5.92 Å². The molecule has 1 atom stereocenters. The van der Waals surface area contributed by atoms with Crippen molar-refractivity contribution >= 4 is 9.84 Å². The zero-order chi connectivity index (χ0) is 15.9. The number of aromatic nitrogens is 1. The van der Waals surface area contributed by atoms with E-state index in [0.29, 0.717) is 25.0 Å². The van der Waals surface area contributed by atoms with Gasteiger partial charge in [-0.25, -0.2) is 8.42 Å². The molecule has 3 fully saturated rings. The number of likely N-dealkylation sites (tertiary alicyclic amines) is 1. The van der Waals surface area contributed by atoms with E-state index in [1.54, 1.807) is 12.4 Å². The number of rotatable bonds is 5. The second-order valence-corrected chi connectivity index (χ2v) is 9.69. The van der Waals surface area contributed by atoms with Gasteiger partial charge in [0.1, 0.15) is 4.75 Å². The highest BCUT2D eigenvalue weighted by molar-refractivity contribution is 7.93. The standard InChI is InChI=1S/C17H24N2O3S/c20-23(21)8-6-15(11-22-10-14-3-2-7-18-9-14)17(23)12-19(13-17)16-4-1-5-16/h2-3,7,9,15-16H,1,4-6,8,10-13H2/t15-/m0/s1. The maximum atomic E-state index is 12.6. The van der Waals surface area contributed by atoms with Gasteiger partial charge in [-0.15, -0.1) is 0 Å². The molecule has 2 aliphatic heterocycles. The number of nitrogens with zero attached hydrogens (tertiary/aromatic N) is 2. The summed E-state index contributed by atoms with van der Waals surface area (Å²) < 4.78 is 30.5. The van der Waals surface area contributed by atoms with Crippen LogP contribution in [-0.4, -0.2) is 54.5 Å². The van der Waals surface area contributed by atoms with Gasteiger partial charge < -0.3 is 4.74 Å². The van der Waals surface area contributed by atoms with Crippen LogP contribution in [0.5, 0.6) is 0 Å². The molecule has 4 rings (SSSR count). The maximum Gasteiger partial charge on any atom is 0.158 e. The van der Waals surface area contributed by atoms with Gasteiger partial charge in [-0.2, -0.15) is 0 Å². The van der Waals surface area contributed by atoms with Crippen LogP contribution >= 0.6 is 0 Å². The Hall–Kier alpha value is -0.980. The van der Waals surface area contributed by atoms with Gasteiger partial charge in [-0.05, 0) is 30.9 Å². The number of hydrogen-bond acceptors (Lipinski definition) is 5. The monoisotopic (exact) mass is 336 g/mol. The number of hydrogen-bond donors (Lipinski definition) is 0. The third-order valence-corrected chi connectivity index (χ3v) is 8.55. The normalized spacial score (nSPS) is 29.3. The first kappa shape index (κ1) is 15.5. The fraction of sp³-hybridized carbons (Fsp3) is 0.706. The van der Waals surface area contributed by atoms with E-state index < -0.39 is 14.6 Å². The van der Waals surface area contributed by atoms with Gasteiger partial charge in [0.05, 0.1) is 19.0 Å². The third-order valence-electron chi connectivity index (χ3n) is 5.94. The van der Waals surface area contributed by atoms with Crippen molar-refractivity contribution in [1.82, 2.24) is 9.88 Å². The summed E-state index contributed by atoms with van der Waals surface area (Å²) in [4.78, 5) is 6.45. The molecule has 1 aliphatic carbocycles. The van der Waals surface area contributed by atoms with E-state index in [1.165, 1.54) is 19.3 Å². The van der Waals surface area contributed by atoms with E-state index in [1.807, 2.05) is 12.1 Å². The Labute approximate surface area is 138 Å². The Morgan fingerprint density at radius 2 is 2.13 bits per heavy atom. The topological polar surface area (TPSA) is 59.5 Å². The van der Waals surface area contributed by atoms with Crippen molar-refractivity contribution < 1.29 is 13.2 Å². The summed E-state index contributed by atoms with van der Waals surface area (Å²) in [5.41, 5.74) is 1.03. The molecule has 2 saturated heterocycles. The lowest BCUT2D eigenvalue weighted by Crippen LogP contribution is -2.70. The first-order valence-electron chi connectivity index (χ1n) is 8.54. The molecule has 5 nitrogen and oxygen atoms in total. The van der Waals surface area contributed by atoms with Crippen molar-refractivity contribution in [3.8, 4) is 0 Å². The van der Waals surface area contributed by atoms with Gasteiger partial charge in [0.15, 0.2) is 9.84 Å². The summed E-state index contributed by atoms with van der Waals surface area (Å²) in [6, 6.07) is 4.51. The molecule has 1 aromatic heterocycles. The van der Waals surface area contributed by atoms with Gasteiger partial charge in [-0.1, -0.05) is 12.5 Å². The predicted molar refractivity (Wildman–Crippen MR) is 87.7 cm³/mol. The molecule has 126 valence electrons. The molecule has 0 aromatic carbocycles. The molecule has 0 amide bonds. The highest BCUT2D eigenvalue weighted by Gasteiger charge is 2.62. The minimum atomic E-state index is -2.98. The Morgan fingerprint density at radius 1 is 1.30 bits per heavy atom. The van der Waals surface area contributed by atoms with Crippen LogP contribution in [0.2, 0.25) is 0 Å². The second-order valence-electron chi connectivity index (χ2n) is 7.24. The van der Waals surface area contributed by atoms with Gasteiger partial charge >= 0.3 is 0 Å². The Kier molecular flexibility index (Phi) is 3.94. The minimum absolute atomic E-state index is 0.139. The van der Waals surface area contributed by atoms with Crippen molar-refractivity contribution in [2.24, 2.45) is 5.92 Å². The molecule has 0 unspecified atom stereocenters. The molecule has 1 spiro atoms. The highest BCUT2D eigenvalue weighted by Crippen LogP contribution is 2.47.